The molecule has 0 aliphatic carbocycles. The summed E-state index contributed by atoms with van der Waals surface area (Å²) in [5.41, 5.74) is 1.14. The van der Waals surface area contributed by atoms with Crippen LogP contribution in [0.25, 0.3) is 6.08 Å². The largest absolute Gasteiger partial charge is 0.473 e. The first-order valence-electron chi connectivity index (χ1n) is 6.85. The molecule has 0 fully saturated rings. The third-order valence-electron chi connectivity index (χ3n) is 2.68. The molecule has 100 valence electrons. The molecular formula is C16H24O2. The fourth-order valence-corrected chi connectivity index (χ4v) is 1.59. The molecule has 0 heterocycles. The lowest BCUT2D eigenvalue weighted by molar-refractivity contribution is -0.107. The molecule has 0 N–H and O–H groups in total. The molecule has 1 aromatic rings. The van der Waals surface area contributed by atoms with Crippen LogP contribution >= 0.6 is 0 Å². The van der Waals surface area contributed by atoms with E-state index in [0.717, 1.165) is 25.0 Å². The van der Waals surface area contributed by atoms with E-state index < -0.39 is 0 Å². The van der Waals surface area contributed by atoms with E-state index in [1.54, 1.807) is 6.26 Å². The molecule has 0 saturated heterocycles. The highest BCUT2D eigenvalue weighted by atomic mass is 16.7. The second kappa shape index (κ2) is 9.72. The Morgan fingerprint density at radius 3 is 2.56 bits per heavy atom. The summed E-state index contributed by atoms with van der Waals surface area (Å²) in [6.07, 6.45) is 7.97. The van der Waals surface area contributed by atoms with Crippen molar-refractivity contribution in [3.63, 3.8) is 0 Å². The van der Waals surface area contributed by atoms with E-state index >= 15 is 0 Å². The van der Waals surface area contributed by atoms with Gasteiger partial charge in [-0.25, -0.2) is 0 Å². The van der Waals surface area contributed by atoms with Crippen molar-refractivity contribution < 1.29 is 9.47 Å². The van der Waals surface area contributed by atoms with Crippen molar-refractivity contribution in [2.75, 3.05) is 6.61 Å². The Kier molecular flexibility index (Phi) is 7.98. The van der Waals surface area contributed by atoms with Crippen LogP contribution in [-0.2, 0) is 9.47 Å². The number of rotatable bonds is 9. The minimum absolute atomic E-state index is 0.123. The summed E-state index contributed by atoms with van der Waals surface area (Å²) >= 11 is 0. The minimum atomic E-state index is -0.123. The van der Waals surface area contributed by atoms with Gasteiger partial charge in [0.1, 0.15) is 0 Å². The number of unbranched alkanes of at least 4 members (excludes halogenated alkanes) is 2. The van der Waals surface area contributed by atoms with Gasteiger partial charge in [-0.15, -0.1) is 0 Å². The van der Waals surface area contributed by atoms with Gasteiger partial charge >= 0.3 is 0 Å². The third kappa shape index (κ3) is 6.45. The highest BCUT2D eigenvalue weighted by Crippen LogP contribution is 2.06. The topological polar surface area (TPSA) is 18.5 Å². The Hall–Kier alpha value is -1.28. The predicted octanol–water partition coefficient (Wildman–Crippen LogP) is 4.62. The van der Waals surface area contributed by atoms with E-state index in [9.17, 15) is 0 Å². The van der Waals surface area contributed by atoms with Crippen molar-refractivity contribution in [2.24, 2.45) is 0 Å². The Labute approximate surface area is 111 Å². The fraction of sp³-hybridized carbons (Fsp3) is 0.500. The van der Waals surface area contributed by atoms with Crippen LogP contribution in [0.5, 0.6) is 0 Å². The molecule has 1 unspecified atom stereocenters. The van der Waals surface area contributed by atoms with Crippen LogP contribution in [-0.4, -0.2) is 12.9 Å². The molecule has 1 atom stereocenters. The van der Waals surface area contributed by atoms with Gasteiger partial charge in [-0.1, -0.05) is 57.0 Å². The third-order valence-corrected chi connectivity index (χ3v) is 2.68. The van der Waals surface area contributed by atoms with Crippen LogP contribution in [0.1, 0.15) is 45.1 Å². The van der Waals surface area contributed by atoms with E-state index in [-0.39, 0.29) is 6.29 Å². The smallest absolute Gasteiger partial charge is 0.198 e. The second-order valence-electron chi connectivity index (χ2n) is 4.27. The summed E-state index contributed by atoms with van der Waals surface area (Å²) in [5, 5.41) is 0. The minimum Gasteiger partial charge on any atom is -0.473 e. The molecule has 2 heteroatoms. The maximum Gasteiger partial charge on any atom is 0.198 e. The van der Waals surface area contributed by atoms with Gasteiger partial charge in [-0.2, -0.15) is 0 Å². The molecule has 0 saturated carbocycles. The molecule has 0 aliphatic heterocycles. The average Bonchev–Trinajstić information content (AvgIpc) is 2.42. The van der Waals surface area contributed by atoms with E-state index in [1.807, 2.05) is 36.4 Å². The molecule has 1 aromatic carbocycles. The number of ether oxygens (including phenoxy) is 2. The lowest BCUT2D eigenvalue weighted by atomic mass is 10.2. The normalized spacial score (nSPS) is 12.8. The molecule has 2 nitrogen and oxygen atoms in total. The fourth-order valence-electron chi connectivity index (χ4n) is 1.59. The van der Waals surface area contributed by atoms with Gasteiger partial charge in [0, 0.05) is 6.42 Å². The molecule has 1 rings (SSSR count). The van der Waals surface area contributed by atoms with Crippen molar-refractivity contribution in [2.45, 2.75) is 45.8 Å². The number of benzene rings is 1. The molecule has 0 radical (unpaired) electrons. The summed E-state index contributed by atoms with van der Waals surface area (Å²) in [4.78, 5) is 0. The Balaban J connectivity index is 2.24. The number of hydrogen-bond acceptors (Lipinski definition) is 2. The maximum absolute atomic E-state index is 5.66. The monoisotopic (exact) mass is 248 g/mol. The summed E-state index contributed by atoms with van der Waals surface area (Å²) in [7, 11) is 0. The van der Waals surface area contributed by atoms with E-state index in [4.69, 9.17) is 9.47 Å². The molecule has 18 heavy (non-hydrogen) atoms. The van der Waals surface area contributed by atoms with Crippen molar-refractivity contribution in [3.05, 3.63) is 42.2 Å². The zero-order chi connectivity index (χ0) is 13.1. The molecule has 0 aromatic heterocycles. The van der Waals surface area contributed by atoms with Crippen molar-refractivity contribution in [1.82, 2.24) is 0 Å². The summed E-state index contributed by atoms with van der Waals surface area (Å²) in [6, 6.07) is 10.1. The Morgan fingerprint density at radius 2 is 1.89 bits per heavy atom. The van der Waals surface area contributed by atoms with Gasteiger partial charge in [0.05, 0.1) is 12.9 Å². The van der Waals surface area contributed by atoms with Crippen LogP contribution in [0.4, 0.5) is 0 Å². The van der Waals surface area contributed by atoms with Crippen LogP contribution in [0.15, 0.2) is 36.6 Å². The maximum atomic E-state index is 5.66. The zero-order valence-electron chi connectivity index (χ0n) is 11.5. The number of hydrogen-bond donors (Lipinski definition) is 0. The molecule has 0 amide bonds. The average molecular weight is 248 g/mol. The van der Waals surface area contributed by atoms with Crippen molar-refractivity contribution in [3.8, 4) is 0 Å². The van der Waals surface area contributed by atoms with Gasteiger partial charge in [0.2, 0.25) is 0 Å². The summed E-state index contributed by atoms with van der Waals surface area (Å²) < 4.78 is 11.2. The van der Waals surface area contributed by atoms with Crippen LogP contribution in [0, 0.1) is 0 Å². The molecular weight excluding hydrogens is 224 g/mol. The van der Waals surface area contributed by atoms with Crippen LogP contribution < -0.4 is 0 Å². The zero-order valence-corrected chi connectivity index (χ0v) is 11.5. The molecule has 0 spiro atoms. The molecule has 0 aliphatic rings. The first-order valence-corrected chi connectivity index (χ1v) is 6.85. The van der Waals surface area contributed by atoms with Gasteiger partial charge in [0.25, 0.3) is 0 Å². The van der Waals surface area contributed by atoms with Crippen LogP contribution in [0.3, 0.4) is 0 Å². The molecule has 0 bridgehead atoms. The lowest BCUT2D eigenvalue weighted by Crippen LogP contribution is -2.14. The van der Waals surface area contributed by atoms with Crippen molar-refractivity contribution in [1.29, 1.82) is 0 Å². The van der Waals surface area contributed by atoms with Crippen LogP contribution in [0.2, 0.25) is 0 Å². The van der Waals surface area contributed by atoms with Gasteiger partial charge in [-0.3, -0.25) is 0 Å². The highest BCUT2D eigenvalue weighted by Gasteiger charge is 2.03. The van der Waals surface area contributed by atoms with Gasteiger partial charge in [0.15, 0.2) is 6.29 Å². The van der Waals surface area contributed by atoms with E-state index in [1.165, 1.54) is 12.8 Å². The Bertz CT molecular complexity index is 319. The highest BCUT2D eigenvalue weighted by molar-refractivity contribution is 5.47. The SMILES string of the molecule is CCCCCOC(CC)OC=Cc1ccccc1. The first kappa shape index (κ1) is 14.8. The lowest BCUT2D eigenvalue weighted by Gasteiger charge is -2.15. The quantitative estimate of drug-likeness (QED) is 0.361. The Morgan fingerprint density at radius 1 is 1.11 bits per heavy atom. The van der Waals surface area contributed by atoms with Gasteiger partial charge in [-0.05, 0) is 18.1 Å². The first-order chi connectivity index (χ1) is 8.86. The summed E-state index contributed by atoms with van der Waals surface area (Å²) in [6.45, 7) is 5.04. The summed E-state index contributed by atoms with van der Waals surface area (Å²) in [5.74, 6) is 0. The van der Waals surface area contributed by atoms with Crippen molar-refractivity contribution >= 4 is 6.08 Å². The second-order valence-corrected chi connectivity index (χ2v) is 4.27. The standard InChI is InChI=1S/C16H24O2/c1-3-5-9-13-17-16(4-2)18-14-12-15-10-7-6-8-11-15/h6-8,10-12,14,16H,3-5,9,13H2,1-2H3. The van der Waals surface area contributed by atoms with E-state index in [2.05, 4.69) is 13.8 Å². The van der Waals surface area contributed by atoms with E-state index in [0.29, 0.717) is 0 Å². The van der Waals surface area contributed by atoms with Gasteiger partial charge < -0.3 is 9.47 Å². The predicted molar refractivity (Wildman–Crippen MR) is 76.1 cm³/mol.